The molecule has 1 N–H and O–H groups in total. The molecule has 3 heteroatoms. The molecule has 0 amide bonds. The van der Waals surface area contributed by atoms with E-state index in [0.29, 0.717) is 11.1 Å². The van der Waals surface area contributed by atoms with E-state index in [1.54, 1.807) is 0 Å². The van der Waals surface area contributed by atoms with Crippen LogP contribution in [0.2, 0.25) is 0 Å². The molecule has 0 atom stereocenters. The number of para-hydroxylation sites is 2. The Bertz CT molecular complexity index is 1210. The maximum absolute atomic E-state index is 11.1. The summed E-state index contributed by atoms with van der Waals surface area (Å²) in [7, 11) is 0. The van der Waals surface area contributed by atoms with Gasteiger partial charge in [-0.3, -0.25) is 0 Å². The third kappa shape index (κ3) is 3.26. The topological polar surface area (TPSA) is 33.4 Å². The van der Waals surface area contributed by atoms with E-state index in [2.05, 4.69) is 86.9 Å². The first-order chi connectivity index (χ1) is 13.6. The quantitative estimate of drug-likeness (QED) is 0.322. The number of phenols is 1. The molecular weight excluding hydrogens is 424 g/mol. The lowest BCUT2D eigenvalue weighted by Gasteiger charge is -2.30. The molecule has 29 heavy (non-hydrogen) atoms. The highest BCUT2D eigenvalue weighted by molar-refractivity contribution is 9.08. The van der Waals surface area contributed by atoms with Gasteiger partial charge in [0, 0.05) is 38.2 Å². The number of halogens is 1. The van der Waals surface area contributed by atoms with Crippen LogP contribution in [0.3, 0.4) is 0 Å². The minimum atomic E-state index is -0.435. The van der Waals surface area contributed by atoms with Gasteiger partial charge < -0.3 is 9.52 Å². The summed E-state index contributed by atoms with van der Waals surface area (Å²) < 4.78 is 6.29. The summed E-state index contributed by atoms with van der Waals surface area (Å²) in [6, 6.07) is 18.7. The van der Waals surface area contributed by atoms with Crippen LogP contribution in [0.5, 0.6) is 5.75 Å². The van der Waals surface area contributed by atoms with Crippen LogP contribution in [-0.2, 0) is 16.2 Å². The first-order valence-electron chi connectivity index (χ1n) is 9.98. The second-order valence-electron chi connectivity index (χ2n) is 9.32. The zero-order valence-corrected chi connectivity index (χ0v) is 19.2. The number of phenolic OH excluding ortho intramolecular Hbond substituents is 1. The standard InChI is InChI=1S/C26H27BrO2/c1-25(2,3)17-13-16(15-27)23(28)21(14-17)26(4,5)20-11-8-10-19-18-9-6-7-12-22(18)29-24(19)20/h6-14,28H,15H2,1-5H3. The molecule has 0 fully saturated rings. The molecule has 0 spiro atoms. The van der Waals surface area contributed by atoms with Crippen molar-refractivity contribution in [1.82, 2.24) is 0 Å². The van der Waals surface area contributed by atoms with Crippen molar-refractivity contribution in [2.24, 2.45) is 0 Å². The Hall–Kier alpha value is -2.26. The van der Waals surface area contributed by atoms with E-state index in [0.717, 1.165) is 38.6 Å². The molecule has 0 bridgehead atoms. The van der Waals surface area contributed by atoms with Gasteiger partial charge in [0.1, 0.15) is 16.9 Å². The van der Waals surface area contributed by atoms with Crippen molar-refractivity contribution in [3.63, 3.8) is 0 Å². The van der Waals surface area contributed by atoms with E-state index in [1.165, 1.54) is 5.56 Å². The highest BCUT2D eigenvalue weighted by Crippen LogP contribution is 2.45. The summed E-state index contributed by atoms with van der Waals surface area (Å²) >= 11 is 3.55. The summed E-state index contributed by atoms with van der Waals surface area (Å²) in [6.07, 6.45) is 0. The molecule has 0 unspecified atom stereocenters. The maximum Gasteiger partial charge on any atom is 0.139 e. The number of hydrogen-bond acceptors (Lipinski definition) is 2. The summed E-state index contributed by atoms with van der Waals surface area (Å²) in [4.78, 5) is 0. The Kier molecular flexibility index (Phi) is 4.77. The van der Waals surface area contributed by atoms with Gasteiger partial charge in [-0.2, -0.15) is 0 Å². The summed E-state index contributed by atoms with van der Waals surface area (Å²) in [5.41, 5.74) is 5.46. The number of furan rings is 1. The van der Waals surface area contributed by atoms with Crippen LogP contribution < -0.4 is 0 Å². The van der Waals surface area contributed by atoms with Crippen LogP contribution in [0, 0.1) is 0 Å². The van der Waals surface area contributed by atoms with Gasteiger partial charge in [-0.05, 0) is 17.0 Å². The molecule has 0 aliphatic rings. The van der Waals surface area contributed by atoms with E-state index >= 15 is 0 Å². The fraction of sp³-hybridized carbons (Fsp3) is 0.308. The van der Waals surface area contributed by atoms with Crippen LogP contribution in [-0.4, -0.2) is 5.11 Å². The Balaban J connectivity index is 2.01. The fourth-order valence-electron chi connectivity index (χ4n) is 4.09. The summed E-state index contributed by atoms with van der Waals surface area (Å²) in [5.74, 6) is 0.355. The average Bonchev–Trinajstić information content (AvgIpc) is 3.05. The Morgan fingerprint density at radius 1 is 0.862 bits per heavy atom. The van der Waals surface area contributed by atoms with Crippen LogP contribution in [0.25, 0.3) is 21.9 Å². The summed E-state index contributed by atoms with van der Waals surface area (Å²) in [6.45, 7) is 10.9. The van der Waals surface area contributed by atoms with Crippen LogP contribution in [0.1, 0.15) is 56.9 Å². The minimum absolute atomic E-state index is 0.0131. The number of hydrogen-bond donors (Lipinski definition) is 1. The van der Waals surface area contributed by atoms with Crippen LogP contribution in [0.15, 0.2) is 59.0 Å². The minimum Gasteiger partial charge on any atom is -0.507 e. The van der Waals surface area contributed by atoms with Crippen molar-refractivity contribution < 1.29 is 9.52 Å². The van der Waals surface area contributed by atoms with E-state index in [1.807, 2.05) is 18.2 Å². The van der Waals surface area contributed by atoms with Gasteiger partial charge >= 0.3 is 0 Å². The molecule has 1 heterocycles. The third-order valence-corrected chi connectivity index (χ3v) is 6.55. The van der Waals surface area contributed by atoms with Crippen molar-refractivity contribution in [3.05, 3.63) is 76.9 Å². The molecule has 0 radical (unpaired) electrons. The highest BCUT2D eigenvalue weighted by Gasteiger charge is 2.32. The van der Waals surface area contributed by atoms with Gasteiger partial charge in [0.15, 0.2) is 0 Å². The molecule has 2 nitrogen and oxygen atoms in total. The van der Waals surface area contributed by atoms with Crippen molar-refractivity contribution in [2.45, 2.75) is 50.8 Å². The zero-order valence-electron chi connectivity index (χ0n) is 17.6. The lowest BCUT2D eigenvalue weighted by molar-refractivity contribution is 0.446. The third-order valence-electron chi connectivity index (χ3n) is 5.95. The normalized spacial score (nSPS) is 12.8. The molecule has 0 saturated carbocycles. The average molecular weight is 451 g/mol. The maximum atomic E-state index is 11.1. The first kappa shape index (κ1) is 20.0. The molecule has 0 saturated heterocycles. The number of fused-ring (bicyclic) bond motifs is 3. The number of rotatable bonds is 3. The predicted octanol–water partition coefficient (Wildman–Crippen LogP) is 7.81. The highest BCUT2D eigenvalue weighted by atomic mass is 79.9. The van der Waals surface area contributed by atoms with Crippen molar-refractivity contribution in [2.75, 3.05) is 0 Å². The lowest BCUT2D eigenvalue weighted by Crippen LogP contribution is -2.22. The SMILES string of the molecule is CC(C)(C)c1cc(CBr)c(O)c(C(C)(C)c2cccc3c2oc2ccccc23)c1. The predicted molar refractivity (Wildman–Crippen MR) is 125 cm³/mol. The van der Waals surface area contributed by atoms with Crippen molar-refractivity contribution in [3.8, 4) is 5.75 Å². The smallest absolute Gasteiger partial charge is 0.139 e. The Morgan fingerprint density at radius 2 is 1.55 bits per heavy atom. The molecule has 1 aromatic heterocycles. The van der Waals surface area contributed by atoms with E-state index in [9.17, 15) is 5.11 Å². The van der Waals surface area contributed by atoms with Crippen LogP contribution in [0.4, 0.5) is 0 Å². The van der Waals surface area contributed by atoms with Gasteiger partial charge in [-0.25, -0.2) is 0 Å². The first-order valence-corrected chi connectivity index (χ1v) is 11.1. The zero-order chi connectivity index (χ0) is 21.0. The molecule has 0 aliphatic carbocycles. The van der Waals surface area contributed by atoms with Crippen molar-refractivity contribution >= 4 is 37.9 Å². The summed E-state index contributed by atoms with van der Waals surface area (Å²) in [5, 5.41) is 14.0. The van der Waals surface area contributed by atoms with Crippen molar-refractivity contribution in [1.29, 1.82) is 0 Å². The molecule has 150 valence electrons. The van der Waals surface area contributed by atoms with E-state index in [4.69, 9.17) is 4.42 Å². The van der Waals surface area contributed by atoms with Gasteiger partial charge in [-0.1, -0.05) is 99.1 Å². The molecule has 0 aliphatic heterocycles. The number of benzene rings is 3. The Morgan fingerprint density at radius 3 is 2.24 bits per heavy atom. The largest absolute Gasteiger partial charge is 0.507 e. The Labute approximate surface area is 180 Å². The molecule has 3 aromatic carbocycles. The second-order valence-corrected chi connectivity index (χ2v) is 9.88. The van der Waals surface area contributed by atoms with Gasteiger partial charge in [-0.15, -0.1) is 0 Å². The van der Waals surface area contributed by atoms with E-state index in [-0.39, 0.29) is 5.41 Å². The monoisotopic (exact) mass is 450 g/mol. The van der Waals surface area contributed by atoms with Gasteiger partial charge in [0.2, 0.25) is 0 Å². The second kappa shape index (κ2) is 6.91. The van der Waals surface area contributed by atoms with Gasteiger partial charge in [0.25, 0.3) is 0 Å². The lowest BCUT2D eigenvalue weighted by atomic mass is 9.74. The molecule has 4 rings (SSSR count). The molecule has 4 aromatic rings. The number of alkyl halides is 1. The van der Waals surface area contributed by atoms with Gasteiger partial charge in [0.05, 0.1) is 0 Å². The number of aromatic hydroxyl groups is 1. The molecular formula is C26H27BrO2. The fourth-order valence-corrected chi connectivity index (χ4v) is 4.52. The van der Waals surface area contributed by atoms with Crippen LogP contribution >= 0.6 is 15.9 Å². The van der Waals surface area contributed by atoms with E-state index < -0.39 is 5.41 Å².